The smallest absolute Gasteiger partial charge is 0.308 e. The average molecular weight is 288 g/mol. The van der Waals surface area contributed by atoms with Crippen molar-refractivity contribution in [2.75, 3.05) is 6.54 Å². The number of carbonyl (C=O) groups is 2. The summed E-state index contributed by atoms with van der Waals surface area (Å²) in [4.78, 5) is 28.8. The van der Waals surface area contributed by atoms with Gasteiger partial charge in [-0.1, -0.05) is 6.92 Å². The Morgan fingerprint density at radius 2 is 2.05 bits per heavy atom. The van der Waals surface area contributed by atoms with Crippen molar-refractivity contribution in [2.24, 2.45) is 5.92 Å². The molecule has 110 valence electrons. The Labute approximate surface area is 122 Å². The first-order chi connectivity index (χ1) is 10.1. The molecule has 0 saturated heterocycles. The number of carboxylic acid groups (broad SMARTS) is 1. The van der Waals surface area contributed by atoms with E-state index in [2.05, 4.69) is 4.98 Å². The van der Waals surface area contributed by atoms with Gasteiger partial charge in [-0.15, -0.1) is 0 Å². The lowest BCUT2D eigenvalue weighted by Crippen LogP contribution is -2.36. The summed E-state index contributed by atoms with van der Waals surface area (Å²) in [7, 11) is 0. The van der Waals surface area contributed by atoms with Gasteiger partial charge in [-0.25, -0.2) is 0 Å². The zero-order valence-corrected chi connectivity index (χ0v) is 11.6. The molecule has 1 N–H and O–H groups in total. The molecule has 0 bridgehead atoms. The molecule has 1 amide bonds. The number of carboxylic acids is 1. The molecule has 2 aromatic heterocycles. The van der Waals surface area contributed by atoms with Crippen LogP contribution in [0.2, 0.25) is 0 Å². The van der Waals surface area contributed by atoms with Crippen LogP contribution in [0.4, 0.5) is 0 Å². The van der Waals surface area contributed by atoms with Gasteiger partial charge in [-0.2, -0.15) is 0 Å². The lowest BCUT2D eigenvalue weighted by Gasteiger charge is -2.23. The van der Waals surface area contributed by atoms with Crippen LogP contribution in [0.5, 0.6) is 0 Å². The van der Waals surface area contributed by atoms with Crippen LogP contribution in [0, 0.1) is 5.92 Å². The Morgan fingerprint density at radius 1 is 1.33 bits per heavy atom. The Bertz CT molecular complexity index is 595. The summed E-state index contributed by atoms with van der Waals surface area (Å²) in [6.07, 6.45) is 4.68. The fourth-order valence-corrected chi connectivity index (χ4v) is 1.89. The number of pyridine rings is 1. The maximum atomic E-state index is 12.4. The Morgan fingerprint density at radius 3 is 2.62 bits per heavy atom. The van der Waals surface area contributed by atoms with Gasteiger partial charge < -0.3 is 14.4 Å². The van der Waals surface area contributed by atoms with Crippen molar-refractivity contribution >= 4 is 11.9 Å². The molecule has 21 heavy (non-hydrogen) atoms. The number of nitrogens with zero attached hydrogens (tertiary/aromatic N) is 2. The van der Waals surface area contributed by atoms with Gasteiger partial charge in [0.05, 0.1) is 12.2 Å². The van der Waals surface area contributed by atoms with Crippen molar-refractivity contribution in [3.63, 3.8) is 0 Å². The van der Waals surface area contributed by atoms with E-state index in [-0.39, 0.29) is 18.2 Å². The highest BCUT2D eigenvalue weighted by molar-refractivity contribution is 5.91. The molecule has 0 aliphatic heterocycles. The summed E-state index contributed by atoms with van der Waals surface area (Å²) in [5.41, 5.74) is 0.877. The number of hydrogen-bond donors (Lipinski definition) is 1. The van der Waals surface area contributed by atoms with Crippen molar-refractivity contribution in [3.8, 4) is 0 Å². The van der Waals surface area contributed by atoms with E-state index in [9.17, 15) is 9.59 Å². The molecule has 0 saturated carbocycles. The molecule has 0 aromatic carbocycles. The van der Waals surface area contributed by atoms with Gasteiger partial charge in [-0.3, -0.25) is 14.6 Å². The Hall–Kier alpha value is -2.63. The molecule has 0 spiro atoms. The standard InChI is InChI=1S/C15H16N2O4/c1-11(15(19)20)9-17(10-12-4-6-16-7-5-12)14(18)13-3-2-8-21-13/h2-8,11H,9-10H2,1H3,(H,19,20). The lowest BCUT2D eigenvalue weighted by molar-refractivity contribution is -0.141. The summed E-state index contributed by atoms with van der Waals surface area (Å²) in [6.45, 7) is 1.98. The Balaban J connectivity index is 2.17. The third-order valence-corrected chi connectivity index (χ3v) is 3.06. The van der Waals surface area contributed by atoms with Gasteiger partial charge in [0.25, 0.3) is 5.91 Å². The first-order valence-electron chi connectivity index (χ1n) is 6.52. The minimum absolute atomic E-state index is 0.108. The molecule has 0 aliphatic carbocycles. The third kappa shape index (κ3) is 3.92. The molecule has 0 aliphatic rings. The highest BCUT2D eigenvalue weighted by atomic mass is 16.4. The second-order valence-electron chi connectivity index (χ2n) is 4.76. The van der Waals surface area contributed by atoms with Gasteiger partial charge in [-0.05, 0) is 29.8 Å². The molecule has 0 radical (unpaired) electrons. The van der Waals surface area contributed by atoms with Gasteiger partial charge >= 0.3 is 5.97 Å². The number of amides is 1. The van der Waals surface area contributed by atoms with Gasteiger partial charge in [0, 0.05) is 25.5 Å². The quantitative estimate of drug-likeness (QED) is 0.879. The van der Waals surface area contributed by atoms with Crippen molar-refractivity contribution < 1.29 is 19.1 Å². The lowest BCUT2D eigenvalue weighted by atomic mass is 10.1. The maximum Gasteiger partial charge on any atom is 0.308 e. The van der Waals surface area contributed by atoms with Crippen LogP contribution in [0.3, 0.4) is 0 Å². The summed E-state index contributed by atoms with van der Waals surface area (Å²) in [5.74, 6) is -1.74. The number of hydrogen-bond acceptors (Lipinski definition) is 4. The summed E-state index contributed by atoms with van der Waals surface area (Å²) < 4.78 is 5.11. The van der Waals surface area contributed by atoms with Gasteiger partial charge in [0.1, 0.15) is 0 Å². The molecule has 2 heterocycles. The molecule has 6 nitrogen and oxygen atoms in total. The molecular weight excluding hydrogens is 272 g/mol. The fourth-order valence-electron chi connectivity index (χ4n) is 1.89. The second kappa shape index (κ2) is 6.69. The zero-order valence-electron chi connectivity index (χ0n) is 11.6. The van der Waals surface area contributed by atoms with Crippen LogP contribution >= 0.6 is 0 Å². The zero-order chi connectivity index (χ0) is 15.2. The summed E-state index contributed by atoms with van der Waals surface area (Å²) >= 11 is 0. The van der Waals surface area contributed by atoms with Crippen LogP contribution in [-0.2, 0) is 11.3 Å². The number of furan rings is 1. The first-order valence-corrected chi connectivity index (χ1v) is 6.52. The summed E-state index contributed by atoms with van der Waals surface area (Å²) in [6, 6.07) is 6.76. The summed E-state index contributed by atoms with van der Waals surface area (Å²) in [5, 5.41) is 9.04. The van der Waals surface area contributed by atoms with Crippen LogP contribution < -0.4 is 0 Å². The molecule has 1 unspecified atom stereocenters. The molecule has 2 aromatic rings. The largest absolute Gasteiger partial charge is 0.481 e. The van der Waals surface area contributed by atoms with Crippen LogP contribution in [0.1, 0.15) is 23.0 Å². The van der Waals surface area contributed by atoms with Crippen molar-refractivity contribution in [2.45, 2.75) is 13.5 Å². The minimum Gasteiger partial charge on any atom is -0.481 e. The monoisotopic (exact) mass is 288 g/mol. The van der Waals surface area contributed by atoms with E-state index in [1.54, 1.807) is 43.6 Å². The second-order valence-corrected chi connectivity index (χ2v) is 4.76. The van der Waals surface area contributed by atoms with Crippen molar-refractivity contribution in [1.29, 1.82) is 0 Å². The van der Waals surface area contributed by atoms with Crippen LogP contribution in [0.15, 0.2) is 47.3 Å². The number of aliphatic carboxylic acids is 1. The van der Waals surface area contributed by atoms with E-state index >= 15 is 0 Å². The highest BCUT2D eigenvalue weighted by Crippen LogP contribution is 2.12. The fraction of sp³-hybridized carbons (Fsp3) is 0.267. The predicted molar refractivity (Wildman–Crippen MR) is 74.5 cm³/mol. The molecule has 2 rings (SSSR count). The van der Waals surface area contributed by atoms with E-state index in [4.69, 9.17) is 9.52 Å². The van der Waals surface area contributed by atoms with Gasteiger partial charge in [0.2, 0.25) is 0 Å². The van der Waals surface area contributed by atoms with E-state index in [1.807, 2.05) is 0 Å². The predicted octanol–water partition coefficient (Wildman–Crippen LogP) is 2.04. The third-order valence-electron chi connectivity index (χ3n) is 3.06. The molecular formula is C15H16N2O4. The molecule has 0 fully saturated rings. The Kier molecular flexibility index (Phi) is 4.71. The maximum absolute atomic E-state index is 12.4. The topological polar surface area (TPSA) is 83.6 Å². The minimum atomic E-state index is -0.943. The molecule has 6 heteroatoms. The average Bonchev–Trinajstić information content (AvgIpc) is 3.01. The first kappa shape index (κ1) is 14.8. The number of aromatic nitrogens is 1. The SMILES string of the molecule is CC(CN(Cc1ccncc1)C(=O)c1ccco1)C(=O)O. The van der Waals surface area contributed by atoms with Gasteiger partial charge in [0.15, 0.2) is 5.76 Å². The number of carbonyl (C=O) groups excluding carboxylic acids is 1. The van der Waals surface area contributed by atoms with Crippen LogP contribution in [-0.4, -0.2) is 33.4 Å². The number of rotatable bonds is 6. The van der Waals surface area contributed by atoms with Crippen LogP contribution in [0.25, 0.3) is 0 Å². The van der Waals surface area contributed by atoms with Crippen molar-refractivity contribution in [3.05, 3.63) is 54.2 Å². The van der Waals surface area contributed by atoms with E-state index in [0.29, 0.717) is 6.54 Å². The van der Waals surface area contributed by atoms with Crippen molar-refractivity contribution in [1.82, 2.24) is 9.88 Å². The molecule has 1 atom stereocenters. The van der Waals surface area contributed by atoms with E-state index < -0.39 is 11.9 Å². The highest BCUT2D eigenvalue weighted by Gasteiger charge is 2.23. The normalized spacial score (nSPS) is 11.9. The van der Waals surface area contributed by atoms with E-state index in [0.717, 1.165) is 5.56 Å². The van der Waals surface area contributed by atoms with E-state index in [1.165, 1.54) is 11.2 Å².